The minimum Gasteiger partial charge on any atom is -0.497 e. The molecule has 0 aliphatic carbocycles. The van der Waals surface area contributed by atoms with E-state index >= 15 is 0 Å². The molecular formula is C30H36BrN3O6S. The van der Waals surface area contributed by atoms with E-state index in [2.05, 4.69) is 21.2 Å². The normalized spacial score (nSPS) is 11.8. The zero-order chi connectivity index (χ0) is 30.0. The van der Waals surface area contributed by atoms with Crippen LogP contribution in [0.4, 0.5) is 5.69 Å². The van der Waals surface area contributed by atoms with Gasteiger partial charge >= 0.3 is 0 Å². The van der Waals surface area contributed by atoms with Crippen LogP contribution in [0, 0.1) is 0 Å². The van der Waals surface area contributed by atoms with Gasteiger partial charge in [0.25, 0.3) is 10.0 Å². The molecule has 3 rings (SSSR count). The molecule has 0 saturated carbocycles. The molecule has 0 unspecified atom stereocenters. The molecule has 0 bridgehead atoms. The van der Waals surface area contributed by atoms with Gasteiger partial charge in [0.05, 0.1) is 24.3 Å². The first-order chi connectivity index (χ1) is 19.6. The maximum Gasteiger partial charge on any atom is 0.264 e. The summed E-state index contributed by atoms with van der Waals surface area (Å²) in [5, 5.41) is 2.83. The van der Waals surface area contributed by atoms with E-state index in [1.807, 2.05) is 13.8 Å². The molecule has 0 heterocycles. The zero-order valence-electron chi connectivity index (χ0n) is 23.7. The lowest BCUT2D eigenvalue weighted by Crippen LogP contribution is -2.51. The average Bonchev–Trinajstić information content (AvgIpc) is 2.98. The molecule has 0 spiro atoms. The van der Waals surface area contributed by atoms with Crippen LogP contribution in [0.25, 0.3) is 0 Å². The lowest BCUT2D eigenvalue weighted by atomic mass is 10.1. The second-order valence-electron chi connectivity index (χ2n) is 9.23. The van der Waals surface area contributed by atoms with Gasteiger partial charge < -0.3 is 19.7 Å². The Morgan fingerprint density at radius 2 is 1.54 bits per heavy atom. The molecular weight excluding hydrogens is 610 g/mol. The van der Waals surface area contributed by atoms with Crippen LogP contribution in [-0.2, 0) is 26.2 Å². The summed E-state index contributed by atoms with van der Waals surface area (Å²) < 4.78 is 40.3. The molecule has 0 radical (unpaired) electrons. The van der Waals surface area contributed by atoms with Crippen LogP contribution in [0.3, 0.4) is 0 Å². The average molecular weight is 647 g/mol. The summed E-state index contributed by atoms with van der Waals surface area (Å²) in [6.07, 6.45) is 0.738. The molecule has 0 fully saturated rings. The number of benzene rings is 3. The van der Waals surface area contributed by atoms with E-state index < -0.39 is 28.5 Å². The first-order valence-corrected chi connectivity index (χ1v) is 15.5. The fraction of sp³-hybridized carbons (Fsp3) is 0.333. The van der Waals surface area contributed by atoms with E-state index in [1.165, 1.54) is 17.0 Å². The predicted octanol–water partition coefficient (Wildman–Crippen LogP) is 5.00. The maximum atomic E-state index is 14.0. The van der Waals surface area contributed by atoms with Gasteiger partial charge in [-0.2, -0.15) is 0 Å². The summed E-state index contributed by atoms with van der Waals surface area (Å²) in [5.74, 6) is 0.375. The van der Waals surface area contributed by atoms with Crippen LogP contribution in [-0.4, -0.2) is 58.0 Å². The summed E-state index contributed by atoms with van der Waals surface area (Å²) in [5.41, 5.74) is 1.05. The summed E-state index contributed by atoms with van der Waals surface area (Å²) in [6.45, 7) is 5.92. The number of halogens is 1. The van der Waals surface area contributed by atoms with Crippen molar-refractivity contribution in [2.45, 2.75) is 44.7 Å². The maximum absolute atomic E-state index is 14.0. The first-order valence-electron chi connectivity index (χ1n) is 13.3. The number of anilines is 1. The predicted molar refractivity (Wildman–Crippen MR) is 163 cm³/mol. The Kier molecular flexibility index (Phi) is 11.6. The second-order valence-corrected chi connectivity index (χ2v) is 12.0. The van der Waals surface area contributed by atoms with Crippen molar-refractivity contribution in [3.05, 3.63) is 82.8 Å². The lowest BCUT2D eigenvalue weighted by molar-refractivity contribution is -0.139. The van der Waals surface area contributed by atoms with Gasteiger partial charge in [0, 0.05) is 17.6 Å². The summed E-state index contributed by atoms with van der Waals surface area (Å²) in [7, 11) is -2.60. The topological polar surface area (TPSA) is 105 Å². The van der Waals surface area contributed by atoms with Crippen molar-refractivity contribution >= 4 is 43.5 Å². The Morgan fingerprint density at radius 1 is 0.927 bits per heavy atom. The van der Waals surface area contributed by atoms with Crippen molar-refractivity contribution in [2.24, 2.45) is 0 Å². The molecule has 41 heavy (non-hydrogen) atoms. The third-order valence-electron chi connectivity index (χ3n) is 6.34. The van der Waals surface area contributed by atoms with Gasteiger partial charge in [-0.1, -0.05) is 35.0 Å². The fourth-order valence-electron chi connectivity index (χ4n) is 4.04. The lowest BCUT2D eigenvalue weighted by Gasteiger charge is -2.32. The third-order valence-corrected chi connectivity index (χ3v) is 8.66. The Bertz CT molecular complexity index is 1400. The number of nitrogens with zero attached hydrogens (tertiary/aromatic N) is 2. The van der Waals surface area contributed by atoms with Gasteiger partial charge in [0.15, 0.2) is 0 Å². The van der Waals surface area contributed by atoms with Crippen molar-refractivity contribution in [3.8, 4) is 11.5 Å². The van der Waals surface area contributed by atoms with Gasteiger partial charge in [-0.15, -0.1) is 0 Å². The molecule has 11 heteroatoms. The van der Waals surface area contributed by atoms with Crippen LogP contribution in [0.5, 0.6) is 11.5 Å². The van der Waals surface area contributed by atoms with Gasteiger partial charge in [0.2, 0.25) is 11.8 Å². The minimum atomic E-state index is -4.16. The molecule has 3 aromatic rings. The van der Waals surface area contributed by atoms with Crippen LogP contribution >= 0.6 is 15.9 Å². The number of methoxy groups -OCH3 is 1. The van der Waals surface area contributed by atoms with Crippen LogP contribution in [0.2, 0.25) is 0 Å². The molecule has 9 nitrogen and oxygen atoms in total. The first kappa shape index (κ1) is 32.0. The van der Waals surface area contributed by atoms with Crippen LogP contribution in [0.15, 0.2) is 82.2 Å². The van der Waals surface area contributed by atoms with Gasteiger partial charge in [-0.25, -0.2) is 8.42 Å². The number of amides is 2. The SMILES string of the molecule is CCCNC(=O)[C@H](C)N(Cc1ccc(OC)cc1)C(=O)CN(c1ccc(OCC)cc1)S(=O)(=O)c1ccc(Br)cc1. The molecule has 0 saturated heterocycles. The smallest absolute Gasteiger partial charge is 0.264 e. The number of hydrogen-bond donors (Lipinski definition) is 1. The van der Waals surface area contributed by atoms with Crippen molar-refractivity contribution in [1.29, 1.82) is 0 Å². The Morgan fingerprint density at radius 3 is 2.10 bits per heavy atom. The van der Waals surface area contributed by atoms with Gasteiger partial charge in [-0.05, 0) is 86.5 Å². The Labute approximate surface area is 250 Å². The van der Waals surface area contributed by atoms with E-state index in [-0.39, 0.29) is 23.0 Å². The number of ether oxygens (including phenoxy) is 2. The number of carbonyl (C=O) groups excluding carboxylic acids is 2. The number of hydrogen-bond acceptors (Lipinski definition) is 6. The molecule has 1 N–H and O–H groups in total. The quantitative estimate of drug-likeness (QED) is 0.265. The van der Waals surface area contributed by atoms with E-state index in [1.54, 1.807) is 74.7 Å². The zero-order valence-corrected chi connectivity index (χ0v) is 26.1. The Hall–Kier alpha value is -3.57. The molecule has 0 aromatic heterocycles. The fourth-order valence-corrected chi connectivity index (χ4v) is 5.72. The van der Waals surface area contributed by atoms with Gasteiger partial charge in [0.1, 0.15) is 24.1 Å². The molecule has 0 aliphatic rings. The van der Waals surface area contributed by atoms with Crippen molar-refractivity contribution < 1.29 is 27.5 Å². The number of sulfonamides is 1. The molecule has 220 valence electrons. The monoisotopic (exact) mass is 645 g/mol. The molecule has 1 atom stereocenters. The van der Waals surface area contributed by atoms with E-state index in [4.69, 9.17) is 9.47 Å². The minimum absolute atomic E-state index is 0.0258. The summed E-state index contributed by atoms with van der Waals surface area (Å²) >= 11 is 3.34. The van der Waals surface area contributed by atoms with Crippen molar-refractivity contribution in [3.63, 3.8) is 0 Å². The van der Waals surface area contributed by atoms with E-state index in [0.717, 1.165) is 20.8 Å². The highest BCUT2D eigenvalue weighted by Crippen LogP contribution is 2.27. The molecule has 3 aromatic carbocycles. The highest BCUT2D eigenvalue weighted by molar-refractivity contribution is 9.10. The standard InChI is InChI=1S/C30H36BrN3O6S/c1-5-19-32-30(36)22(3)33(20-23-7-13-26(39-4)14-8-23)29(35)21-34(25-11-15-27(16-12-25)40-6-2)41(37,38)28-17-9-24(31)10-18-28/h7-18,22H,5-6,19-21H2,1-4H3,(H,32,36)/t22-/m0/s1. The van der Waals surface area contributed by atoms with Crippen LogP contribution in [0.1, 0.15) is 32.8 Å². The summed E-state index contributed by atoms with van der Waals surface area (Å²) in [4.78, 5) is 28.3. The number of nitrogens with one attached hydrogen (secondary N) is 1. The highest BCUT2D eigenvalue weighted by atomic mass is 79.9. The van der Waals surface area contributed by atoms with E-state index in [9.17, 15) is 18.0 Å². The molecule has 2 amide bonds. The Balaban J connectivity index is 2.01. The van der Waals surface area contributed by atoms with Crippen LogP contribution < -0.4 is 19.1 Å². The summed E-state index contributed by atoms with van der Waals surface area (Å²) in [6, 6.07) is 19.0. The van der Waals surface area contributed by atoms with Crippen molar-refractivity contribution in [2.75, 3.05) is 31.1 Å². The highest BCUT2D eigenvalue weighted by Gasteiger charge is 2.32. The third kappa shape index (κ3) is 8.46. The number of carbonyl (C=O) groups is 2. The van der Waals surface area contributed by atoms with Gasteiger partial charge in [-0.3, -0.25) is 13.9 Å². The van der Waals surface area contributed by atoms with E-state index in [0.29, 0.717) is 24.7 Å². The largest absolute Gasteiger partial charge is 0.497 e. The van der Waals surface area contributed by atoms with Crippen molar-refractivity contribution in [1.82, 2.24) is 10.2 Å². The molecule has 0 aliphatic heterocycles. The number of rotatable bonds is 14. The second kappa shape index (κ2) is 14.9.